The average Bonchev–Trinajstić information content (AvgIpc) is 4.09. The van der Waals surface area contributed by atoms with Gasteiger partial charge in [0.1, 0.15) is 0 Å². The first-order chi connectivity index (χ1) is 34.2. The molecule has 0 saturated carbocycles. The molecule has 0 amide bonds. The highest BCUT2D eigenvalue weighted by atomic mass is 32.1. The molecule has 0 spiro atoms. The molecular weight excluding hydrogens is 859 g/mol. The van der Waals surface area contributed by atoms with E-state index in [1.165, 1.54) is 64.0 Å². The van der Waals surface area contributed by atoms with E-state index in [0.29, 0.717) is 17.5 Å². The second-order valence-electron chi connectivity index (χ2n) is 17.6. The van der Waals surface area contributed by atoms with E-state index in [9.17, 15) is 0 Å². The summed E-state index contributed by atoms with van der Waals surface area (Å²) in [4.78, 5) is 15.8. The summed E-state index contributed by atoms with van der Waals surface area (Å²) in [6.45, 7) is 0. The third kappa shape index (κ3) is 6.41. The molecule has 0 radical (unpaired) electrons. The Balaban J connectivity index is 0.961. The fourth-order valence-electron chi connectivity index (χ4n) is 10.4. The van der Waals surface area contributed by atoms with E-state index in [4.69, 9.17) is 15.0 Å². The van der Waals surface area contributed by atoms with Gasteiger partial charge in [-0.3, -0.25) is 0 Å². The second-order valence-corrected chi connectivity index (χ2v) is 18.6. The summed E-state index contributed by atoms with van der Waals surface area (Å²) >= 11 is 1.86. The average molecular weight is 898 g/mol. The number of fused-ring (bicyclic) bond motifs is 10. The minimum Gasteiger partial charge on any atom is -0.309 e. The van der Waals surface area contributed by atoms with Gasteiger partial charge in [-0.15, -0.1) is 11.3 Å². The predicted octanol–water partition coefficient (Wildman–Crippen LogP) is 16.8. The zero-order valence-corrected chi connectivity index (χ0v) is 38.0. The Morgan fingerprint density at radius 3 is 1.49 bits per heavy atom. The van der Waals surface area contributed by atoms with E-state index < -0.39 is 0 Å². The van der Waals surface area contributed by atoms with Gasteiger partial charge in [0.25, 0.3) is 0 Å². The van der Waals surface area contributed by atoms with Crippen LogP contribution < -0.4 is 0 Å². The number of hydrogen-bond donors (Lipinski definition) is 0. The molecule has 4 heterocycles. The molecule has 0 aliphatic heterocycles. The highest BCUT2D eigenvalue weighted by Gasteiger charge is 2.23. The van der Waals surface area contributed by atoms with Gasteiger partial charge in [0.15, 0.2) is 17.5 Å². The number of rotatable bonds is 7. The number of nitrogens with zero attached hydrogens (tertiary/aromatic N) is 5. The Kier molecular flexibility index (Phi) is 9.00. The lowest BCUT2D eigenvalue weighted by molar-refractivity contribution is 1.07. The first-order valence-electron chi connectivity index (χ1n) is 23.3. The first-order valence-corrected chi connectivity index (χ1v) is 24.1. The van der Waals surface area contributed by atoms with Gasteiger partial charge in [0.2, 0.25) is 0 Å². The van der Waals surface area contributed by atoms with Crippen LogP contribution in [0.1, 0.15) is 0 Å². The van der Waals surface area contributed by atoms with Crippen LogP contribution in [0, 0.1) is 0 Å². The normalized spacial score (nSPS) is 11.8. The molecule has 69 heavy (non-hydrogen) atoms. The molecule has 0 aliphatic rings. The molecule has 0 saturated heterocycles. The maximum atomic E-state index is 5.35. The second kappa shape index (κ2) is 15.8. The molecule has 0 aliphatic carbocycles. The topological polar surface area (TPSA) is 48.5 Å². The van der Waals surface area contributed by atoms with Crippen molar-refractivity contribution in [2.75, 3.05) is 0 Å². The van der Waals surface area contributed by atoms with Crippen molar-refractivity contribution in [3.8, 4) is 67.8 Å². The van der Waals surface area contributed by atoms with Gasteiger partial charge >= 0.3 is 0 Å². The molecule has 0 atom stereocenters. The monoisotopic (exact) mass is 897 g/mol. The summed E-state index contributed by atoms with van der Waals surface area (Å²) < 4.78 is 7.33. The molecule has 0 fully saturated rings. The summed E-state index contributed by atoms with van der Waals surface area (Å²) in [5.74, 6) is 1.86. The smallest absolute Gasteiger partial charge is 0.166 e. The van der Waals surface area contributed by atoms with Crippen LogP contribution in [0.2, 0.25) is 0 Å². The van der Waals surface area contributed by atoms with Crippen LogP contribution in [0.15, 0.2) is 237 Å². The van der Waals surface area contributed by atoms with Crippen LogP contribution in [-0.2, 0) is 0 Å². The van der Waals surface area contributed by atoms with Crippen molar-refractivity contribution in [1.29, 1.82) is 0 Å². The van der Waals surface area contributed by atoms with E-state index in [1.54, 1.807) is 0 Å². The van der Waals surface area contributed by atoms with Crippen molar-refractivity contribution < 1.29 is 0 Å². The Morgan fingerprint density at radius 2 is 0.797 bits per heavy atom. The third-order valence-electron chi connectivity index (χ3n) is 13.6. The lowest BCUT2D eigenvalue weighted by Gasteiger charge is -2.13. The lowest BCUT2D eigenvalue weighted by atomic mass is 9.98. The van der Waals surface area contributed by atoms with Gasteiger partial charge in [-0.1, -0.05) is 182 Å². The summed E-state index contributed by atoms with van der Waals surface area (Å²) in [5, 5.41) is 7.31. The standard InChI is InChI=1S/C63H39N5S/c1-4-16-40(17-5-1)44-20-14-21-45(38-44)41-30-32-43(33-31-41)62-64-61(42-18-6-2-7-19-42)65-63(66-62)53-27-15-26-50-51-35-36-52-54-39-47(67-55-28-12-10-24-48(55)49-25-11-13-29-56(49)67)34-37-57(54)69-60(52)59(51)68(58(50)53)46-22-8-3-9-23-46/h1-39H. The Bertz CT molecular complexity index is 4230. The molecule has 10 aromatic carbocycles. The largest absolute Gasteiger partial charge is 0.309 e. The maximum Gasteiger partial charge on any atom is 0.166 e. The molecule has 6 heteroatoms. The highest BCUT2D eigenvalue weighted by molar-refractivity contribution is 7.26. The molecule has 14 rings (SSSR count). The zero-order chi connectivity index (χ0) is 45.4. The van der Waals surface area contributed by atoms with Crippen molar-refractivity contribution in [3.05, 3.63) is 237 Å². The Hall–Kier alpha value is -8.97. The van der Waals surface area contributed by atoms with Crippen LogP contribution >= 0.6 is 11.3 Å². The van der Waals surface area contributed by atoms with Crippen molar-refractivity contribution >= 4 is 75.1 Å². The number of benzene rings is 10. The molecule has 322 valence electrons. The molecule has 0 bridgehead atoms. The van der Waals surface area contributed by atoms with Crippen LogP contribution in [0.3, 0.4) is 0 Å². The molecule has 4 aromatic heterocycles. The third-order valence-corrected chi connectivity index (χ3v) is 14.8. The molecule has 0 N–H and O–H groups in total. The fraction of sp³-hybridized carbons (Fsp3) is 0. The summed E-state index contributed by atoms with van der Waals surface area (Å²) in [6, 6.07) is 84.4. The van der Waals surface area contributed by atoms with Crippen molar-refractivity contribution in [2.45, 2.75) is 0 Å². The molecular formula is C63H39N5S. The van der Waals surface area contributed by atoms with E-state index in [-0.39, 0.29) is 0 Å². The van der Waals surface area contributed by atoms with Gasteiger partial charge in [-0.05, 0) is 76.9 Å². The summed E-state index contributed by atoms with van der Waals surface area (Å²) in [6.07, 6.45) is 0. The Morgan fingerprint density at radius 1 is 0.290 bits per heavy atom. The van der Waals surface area contributed by atoms with Gasteiger partial charge in [-0.2, -0.15) is 0 Å². The van der Waals surface area contributed by atoms with Gasteiger partial charge in [0.05, 0.1) is 26.8 Å². The van der Waals surface area contributed by atoms with Crippen molar-refractivity contribution in [2.24, 2.45) is 0 Å². The predicted molar refractivity (Wildman–Crippen MR) is 289 cm³/mol. The summed E-state index contributed by atoms with van der Waals surface area (Å²) in [7, 11) is 0. The number of para-hydroxylation sites is 4. The maximum absolute atomic E-state index is 5.35. The van der Waals surface area contributed by atoms with E-state index in [0.717, 1.165) is 50.1 Å². The Labute approximate surface area is 401 Å². The SMILES string of the molecule is c1ccc(-c2cccc(-c3ccc(-c4nc(-c5ccccc5)nc(-c5cccc6c7ccc8c9cc(-n%10c%11ccccc%11c%11ccccc%11%10)ccc9sc8c7n(-c7ccccc7)c56)n4)cc3)c2)cc1. The van der Waals surface area contributed by atoms with Gasteiger partial charge in [0, 0.05) is 65.1 Å². The van der Waals surface area contributed by atoms with Crippen LogP contribution in [0.4, 0.5) is 0 Å². The van der Waals surface area contributed by atoms with Crippen LogP contribution in [0.25, 0.3) is 132 Å². The minimum atomic E-state index is 0.618. The number of thiophene rings is 1. The molecule has 0 unspecified atom stereocenters. The molecule has 14 aromatic rings. The van der Waals surface area contributed by atoms with E-state index >= 15 is 0 Å². The lowest BCUT2D eigenvalue weighted by Crippen LogP contribution is -2.02. The van der Waals surface area contributed by atoms with Crippen molar-refractivity contribution in [1.82, 2.24) is 24.1 Å². The van der Waals surface area contributed by atoms with E-state index in [1.807, 2.05) is 29.5 Å². The summed E-state index contributed by atoms with van der Waals surface area (Å²) in [5.41, 5.74) is 14.3. The van der Waals surface area contributed by atoms with Gasteiger partial charge in [-0.25, -0.2) is 15.0 Å². The first kappa shape index (κ1) is 39.2. The van der Waals surface area contributed by atoms with Crippen molar-refractivity contribution in [3.63, 3.8) is 0 Å². The quantitative estimate of drug-likeness (QED) is 0.160. The zero-order valence-electron chi connectivity index (χ0n) is 37.2. The van der Waals surface area contributed by atoms with Crippen LogP contribution in [0.5, 0.6) is 0 Å². The number of aromatic nitrogens is 5. The minimum absolute atomic E-state index is 0.618. The highest BCUT2D eigenvalue weighted by Crippen LogP contribution is 2.46. The fourth-order valence-corrected chi connectivity index (χ4v) is 11.6. The molecule has 5 nitrogen and oxygen atoms in total. The van der Waals surface area contributed by atoms with Crippen LogP contribution in [-0.4, -0.2) is 24.1 Å². The van der Waals surface area contributed by atoms with E-state index in [2.05, 4.69) is 228 Å². The number of hydrogen-bond acceptors (Lipinski definition) is 4. The van der Waals surface area contributed by atoms with Gasteiger partial charge < -0.3 is 9.13 Å².